The minimum absolute atomic E-state index is 0.300. The molecule has 0 spiro atoms. The zero-order chi connectivity index (χ0) is 13.7. The predicted octanol–water partition coefficient (Wildman–Crippen LogP) is 4.41. The number of benzene rings is 1. The lowest BCUT2D eigenvalue weighted by Crippen LogP contribution is -2.22. The lowest BCUT2D eigenvalue weighted by Gasteiger charge is -2.18. The third-order valence-electron chi connectivity index (χ3n) is 2.97. The van der Waals surface area contributed by atoms with Crippen LogP contribution in [0, 0.1) is 0 Å². The second-order valence-corrected chi connectivity index (χ2v) is 6.16. The highest BCUT2D eigenvalue weighted by atomic mass is 79.9. The second-order valence-electron chi connectivity index (χ2n) is 4.30. The molecule has 2 nitrogen and oxygen atoms in total. The molecule has 1 aromatic heterocycles. The van der Waals surface area contributed by atoms with Gasteiger partial charge in [0, 0.05) is 10.5 Å². The highest BCUT2D eigenvalue weighted by molar-refractivity contribution is 9.10. The Morgan fingerprint density at radius 2 is 2.21 bits per heavy atom. The Morgan fingerprint density at radius 1 is 1.37 bits per heavy atom. The van der Waals surface area contributed by atoms with Crippen molar-refractivity contribution in [3.05, 3.63) is 50.6 Å². The number of methoxy groups -OCH3 is 1. The van der Waals surface area contributed by atoms with Crippen molar-refractivity contribution in [2.45, 2.75) is 19.4 Å². The zero-order valence-corrected chi connectivity index (χ0v) is 13.6. The standard InChI is InChI=1S/C15H18BrNOS/c1-3-17-13(15-14(18-2)7-8-19-15)10-11-5-4-6-12(16)9-11/h4-9,13,17H,3,10H2,1-2H3. The summed E-state index contributed by atoms with van der Waals surface area (Å²) in [6.07, 6.45) is 0.962. The Balaban J connectivity index is 2.21. The van der Waals surface area contributed by atoms with Gasteiger partial charge in [-0.3, -0.25) is 0 Å². The SMILES string of the molecule is CCNC(Cc1cccc(Br)c1)c1sccc1OC. The fourth-order valence-corrected chi connectivity index (χ4v) is 3.52. The summed E-state index contributed by atoms with van der Waals surface area (Å²) in [7, 11) is 1.73. The highest BCUT2D eigenvalue weighted by Crippen LogP contribution is 2.33. The molecule has 0 aliphatic heterocycles. The van der Waals surface area contributed by atoms with Gasteiger partial charge in [-0.25, -0.2) is 0 Å². The van der Waals surface area contributed by atoms with Crippen molar-refractivity contribution in [3.8, 4) is 5.75 Å². The fourth-order valence-electron chi connectivity index (χ4n) is 2.14. The summed E-state index contributed by atoms with van der Waals surface area (Å²) in [4.78, 5) is 1.27. The molecule has 1 N–H and O–H groups in total. The molecule has 2 aromatic rings. The molecule has 0 aliphatic carbocycles. The Labute approximate surface area is 126 Å². The van der Waals surface area contributed by atoms with Crippen molar-refractivity contribution in [2.75, 3.05) is 13.7 Å². The van der Waals surface area contributed by atoms with Gasteiger partial charge in [-0.2, -0.15) is 0 Å². The lowest BCUT2D eigenvalue weighted by molar-refractivity contribution is 0.403. The summed E-state index contributed by atoms with van der Waals surface area (Å²) < 4.78 is 6.56. The lowest BCUT2D eigenvalue weighted by atomic mass is 10.0. The highest BCUT2D eigenvalue weighted by Gasteiger charge is 2.17. The summed E-state index contributed by atoms with van der Waals surface area (Å²) in [5.74, 6) is 0.978. The van der Waals surface area contributed by atoms with Gasteiger partial charge in [0.2, 0.25) is 0 Å². The molecule has 1 atom stereocenters. The van der Waals surface area contributed by atoms with Crippen molar-refractivity contribution >= 4 is 27.3 Å². The van der Waals surface area contributed by atoms with E-state index in [0.29, 0.717) is 6.04 Å². The quantitative estimate of drug-likeness (QED) is 0.841. The van der Waals surface area contributed by atoms with E-state index < -0.39 is 0 Å². The molecule has 0 fully saturated rings. The first-order valence-electron chi connectivity index (χ1n) is 6.33. The summed E-state index contributed by atoms with van der Waals surface area (Å²) >= 11 is 5.27. The molecule has 1 aromatic carbocycles. The average Bonchev–Trinajstić information content (AvgIpc) is 2.86. The van der Waals surface area contributed by atoms with E-state index in [1.165, 1.54) is 10.4 Å². The van der Waals surface area contributed by atoms with Crippen LogP contribution in [0.3, 0.4) is 0 Å². The maximum atomic E-state index is 5.44. The summed E-state index contributed by atoms with van der Waals surface area (Å²) in [6.45, 7) is 3.08. The number of nitrogens with one attached hydrogen (secondary N) is 1. The third kappa shape index (κ3) is 3.81. The molecule has 0 saturated carbocycles. The smallest absolute Gasteiger partial charge is 0.134 e. The van der Waals surface area contributed by atoms with E-state index >= 15 is 0 Å². The van der Waals surface area contributed by atoms with Crippen LogP contribution in [0.5, 0.6) is 5.75 Å². The van der Waals surface area contributed by atoms with Gasteiger partial charge < -0.3 is 10.1 Å². The minimum Gasteiger partial charge on any atom is -0.496 e. The number of halogens is 1. The Morgan fingerprint density at radius 3 is 2.89 bits per heavy atom. The molecule has 0 bridgehead atoms. The van der Waals surface area contributed by atoms with Crippen LogP contribution in [-0.2, 0) is 6.42 Å². The van der Waals surface area contributed by atoms with E-state index in [0.717, 1.165) is 23.2 Å². The van der Waals surface area contributed by atoms with E-state index in [-0.39, 0.29) is 0 Å². The van der Waals surface area contributed by atoms with Crippen molar-refractivity contribution in [1.82, 2.24) is 5.32 Å². The van der Waals surface area contributed by atoms with Crippen LogP contribution in [0.4, 0.5) is 0 Å². The Bertz CT molecular complexity index is 526. The molecule has 19 heavy (non-hydrogen) atoms. The molecule has 102 valence electrons. The average molecular weight is 340 g/mol. The number of hydrogen-bond donors (Lipinski definition) is 1. The van der Waals surface area contributed by atoms with E-state index in [2.05, 4.69) is 57.8 Å². The predicted molar refractivity (Wildman–Crippen MR) is 85.1 cm³/mol. The molecule has 1 unspecified atom stereocenters. The maximum Gasteiger partial charge on any atom is 0.134 e. The van der Waals surface area contributed by atoms with Crippen LogP contribution in [0.2, 0.25) is 0 Å². The Kier molecular flexibility index (Phi) is 5.43. The Hall–Kier alpha value is -0.840. The van der Waals surface area contributed by atoms with Crippen LogP contribution >= 0.6 is 27.3 Å². The van der Waals surface area contributed by atoms with Crippen molar-refractivity contribution in [3.63, 3.8) is 0 Å². The number of thiophene rings is 1. The molecule has 0 radical (unpaired) electrons. The van der Waals surface area contributed by atoms with Crippen molar-refractivity contribution < 1.29 is 4.74 Å². The molecule has 0 aliphatic rings. The topological polar surface area (TPSA) is 21.3 Å². The first-order chi connectivity index (χ1) is 9.24. The molecule has 4 heteroatoms. The molecule has 1 heterocycles. The van der Waals surface area contributed by atoms with Gasteiger partial charge in [0.15, 0.2) is 0 Å². The summed E-state index contributed by atoms with van der Waals surface area (Å²) in [5.41, 5.74) is 1.32. The van der Waals surface area contributed by atoms with Gasteiger partial charge in [0.05, 0.1) is 12.0 Å². The van der Waals surface area contributed by atoms with Gasteiger partial charge in [-0.15, -0.1) is 11.3 Å². The monoisotopic (exact) mass is 339 g/mol. The normalized spacial score (nSPS) is 12.4. The fraction of sp³-hybridized carbons (Fsp3) is 0.333. The van der Waals surface area contributed by atoms with Gasteiger partial charge in [0.1, 0.15) is 5.75 Å². The van der Waals surface area contributed by atoms with Crippen LogP contribution in [0.15, 0.2) is 40.2 Å². The summed E-state index contributed by atoms with van der Waals surface area (Å²) in [5, 5.41) is 5.63. The van der Waals surface area contributed by atoms with Crippen LogP contribution in [0.1, 0.15) is 23.4 Å². The van der Waals surface area contributed by atoms with E-state index in [1.807, 2.05) is 6.07 Å². The molecular formula is C15H18BrNOS. The number of hydrogen-bond acceptors (Lipinski definition) is 3. The van der Waals surface area contributed by atoms with Gasteiger partial charge in [0.25, 0.3) is 0 Å². The minimum atomic E-state index is 0.300. The van der Waals surface area contributed by atoms with E-state index in [9.17, 15) is 0 Å². The molecule has 0 saturated heterocycles. The molecule has 2 rings (SSSR count). The van der Waals surface area contributed by atoms with Crippen LogP contribution in [0.25, 0.3) is 0 Å². The maximum absolute atomic E-state index is 5.44. The zero-order valence-electron chi connectivity index (χ0n) is 11.2. The van der Waals surface area contributed by atoms with Crippen molar-refractivity contribution in [1.29, 1.82) is 0 Å². The van der Waals surface area contributed by atoms with Crippen LogP contribution < -0.4 is 10.1 Å². The largest absolute Gasteiger partial charge is 0.496 e. The number of likely N-dealkylation sites (N-methyl/N-ethyl adjacent to an activating group) is 1. The van der Waals surface area contributed by atoms with E-state index in [4.69, 9.17) is 4.74 Å². The number of ether oxygens (including phenoxy) is 1. The van der Waals surface area contributed by atoms with Crippen molar-refractivity contribution in [2.24, 2.45) is 0 Å². The molecular weight excluding hydrogens is 322 g/mol. The first kappa shape index (κ1) is 14.6. The summed E-state index contributed by atoms with van der Waals surface area (Å²) in [6, 6.07) is 10.8. The van der Waals surface area contributed by atoms with Crippen LogP contribution in [-0.4, -0.2) is 13.7 Å². The van der Waals surface area contributed by atoms with E-state index in [1.54, 1.807) is 18.4 Å². The third-order valence-corrected chi connectivity index (χ3v) is 4.48. The first-order valence-corrected chi connectivity index (χ1v) is 8.01. The number of rotatable bonds is 6. The van der Waals surface area contributed by atoms with Gasteiger partial charge >= 0.3 is 0 Å². The molecule has 0 amide bonds. The second kappa shape index (κ2) is 7.08. The van der Waals surface area contributed by atoms with Gasteiger partial charge in [-0.1, -0.05) is 35.0 Å². The van der Waals surface area contributed by atoms with Gasteiger partial charge in [-0.05, 0) is 42.1 Å².